The number of carboxylic acid groups (broad SMARTS) is 2. The number of hydrogen-bond acceptors (Lipinski definition) is 9. The number of rotatable bonds is 7. The summed E-state index contributed by atoms with van der Waals surface area (Å²) in [5.74, 6) is -2.96. The van der Waals surface area contributed by atoms with Crippen molar-refractivity contribution >= 4 is 43.1 Å². The van der Waals surface area contributed by atoms with Gasteiger partial charge in [-0.2, -0.15) is 0 Å². The predicted octanol–water partition coefficient (Wildman–Crippen LogP) is -7.07. The normalized spacial score (nSPS) is 21.4. The minimum absolute atomic E-state index is 0. The zero-order valence-electron chi connectivity index (χ0n) is 16.5. The molecule has 3 atom stereocenters. The van der Waals surface area contributed by atoms with E-state index in [4.69, 9.17) is 10.2 Å². The molecule has 1 aromatic heterocycles. The van der Waals surface area contributed by atoms with E-state index in [0.29, 0.717) is 11.3 Å². The monoisotopic (exact) mass is 485 g/mol. The number of carbonyl (C=O) groups is 2. The molecule has 10 nitrogen and oxygen atoms in total. The molecule has 2 rings (SSSR count). The van der Waals surface area contributed by atoms with Crippen LogP contribution in [0.4, 0.5) is 0 Å². The maximum Gasteiger partial charge on any atom is 1.00 e. The first-order chi connectivity index (χ1) is 12.3. The van der Waals surface area contributed by atoms with Crippen molar-refractivity contribution in [1.29, 1.82) is 0 Å². The van der Waals surface area contributed by atoms with E-state index >= 15 is 0 Å². The summed E-state index contributed by atoms with van der Waals surface area (Å²) >= 11 is 0.512. The SMILES string of the molecule is CCN([C@@H](CC(=O)O)C(=O)[O-])[C@H]1C[C@H](C)S(=O)(=O)c2sc(S(N)(=O)=O)cc21.[Na+].[Na+]. The molecule has 0 amide bonds. The molecular weight excluding hydrogens is 466 g/mol. The maximum absolute atomic E-state index is 12.6. The summed E-state index contributed by atoms with van der Waals surface area (Å²) in [5, 5.41) is 24.7. The molecule has 0 bridgehead atoms. The Labute approximate surface area is 217 Å². The van der Waals surface area contributed by atoms with Crippen LogP contribution in [0.1, 0.15) is 38.3 Å². The number of sulfone groups is 1. The third-order valence-electron chi connectivity index (χ3n) is 4.49. The zero-order valence-corrected chi connectivity index (χ0v) is 22.9. The van der Waals surface area contributed by atoms with Gasteiger partial charge in [0.05, 0.1) is 23.7 Å². The van der Waals surface area contributed by atoms with Gasteiger partial charge in [-0.3, -0.25) is 9.69 Å². The van der Waals surface area contributed by atoms with Crippen LogP contribution in [0.15, 0.2) is 14.5 Å². The predicted molar refractivity (Wildman–Crippen MR) is 93.1 cm³/mol. The van der Waals surface area contributed by atoms with Gasteiger partial charge in [0, 0.05) is 11.6 Å². The van der Waals surface area contributed by atoms with Crippen molar-refractivity contribution in [1.82, 2.24) is 4.90 Å². The van der Waals surface area contributed by atoms with Gasteiger partial charge in [-0.15, -0.1) is 11.3 Å². The molecule has 0 radical (unpaired) electrons. The van der Waals surface area contributed by atoms with Crippen molar-refractivity contribution in [2.45, 2.75) is 52.4 Å². The molecule has 2 heterocycles. The average molecular weight is 485 g/mol. The van der Waals surface area contributed by atoms with E-state index in [-0.39, 0.29) is 86.1 Å². The minimum Gasteiger partial charge on any atom is -0.548 e. The summed E-state index contributed by atoms with van der Waals surface area (Å²) in [6.45, 7) is 3.11. The average Bonchev–Trinajstić information content (AvgIpc) is 2.98. The maximum atomic E-state index is 12.6. The summed E-state index contributed by atoms with van der Waals surface area (Å²) in [7, 11) is -7.97. The van der Waals surface area contributed by atoms with Crippen LogP contribution in [0, 0.1) is 0 Å². The molecule has 0 fully saturated rings. The molecule has 29 heavy (non-hydrogen) atoms. The number of hydrogen-bond donors (Lipinski definition) is 2. The Morgan fingerprint density at radius 3 is 2.38 bits per heavy atom. The van der Waals surface area contributed by atoms with Crippen molar-refractivity contribution < 1.29 is 95.8 Å². The second-order valence-electron chi connectivity index (χ2n) is 6.22. The molecule has 1 aliphatic rings. The first-order valence-electron chi connectivity index (χ1n) is 7.89. The molecule has 3 N–H and O–H groups in total. The Bertz CT molecular complexity index is 977. The number of sulfonamides is 1. The first kappa shape index (κ1) is 29.5. The van der Waals surface area contributed by atoms with Gasteiger partial charge >= 0.3 is 65.1 Å². The molecule has 1 aromatic rings. The molecule has 0 saturated carbocycles. The fourth-order valence-electron chi connectivity index (χ4n) is 3.18. The molecule has 0 unspecified atom stereocenters. The number of thiophene rings is 1. The van der Waals surface area contributed by atoms with Crippen molar-refractivity contribution in [3.8, 4) is 0 Å². The Kier molecular flexibility index (Phi) is 11.0. The quantitative estimate of drug-likeness (QED) is 0.356. The number of carboxylic acids is 2. The Hall–Kier alpha value is 0.460. The van der Waals surface area contributed by atoms with Crippen LogP contribution in [0.3, 0.4) is 0 Å². The number of nitrogens with two attached hydrogens (primary N) is 1. The molecule has 152 valence electrons. The van der Waals surface area contributed by atoms with Gasteiger partial charge in [0.15, 0.2) is 9.84 Å². The number of aliphatic carboxylic acids is 2. The second kappa shape index (κ2) is 10.9. The Balaban J connectivity index is 0.00000392. The number of nitrogens with zero attached hydrogens (tertiary/aromatic N) is 1. The summed E-state index contributed by atoms with van der Waals surface area (Å²) < 4.78 is 48.0. The van der Waals surface area contributed by atoms with E-state index in [1.54, 1.807) is 6.92 Å². The van der Waals surface area contributed by atoms with E-state index in [2.05, 4.69) is 0 Å². The van der Waals surface area contributed by atoms with Gasteiger partial charge in [-0.1, -0.05) is 6.92 Å². The molecule has 0 aliphatic carbocycles. The third kappa shape index (κ3) is 6.25. The van der Waals surface area contributed by atoms with Crippen molar-refractivity contribution in [3.63, 3.8) is 0 Å². The third-order valence-corrected chi connectivity index (χ3v) is 9.81. The van der Waals surface area contributed by atoms with Crippen molar-refractivity contribution in [2.75, 3.05) is 6.54 Å². The summed E-state index contributed by atoms with van der Waals surface area (Å²) in [6, 6.07) is -1.19. The number of likely N-dealkylation sites (N-methyl/N-ethyl adjacent to an activating group) is 1. The van der Waals surface area contributed by atoms with Crippen LogP contribution in [0.25, 0.3) is 0 Å². The van der Waals surface area contributed by atoms with Crippen LogP contribution in [0.2, 0.25) is 0 Å². The molecule has 0 aromatic carbocycles. The van der Waals surface area contributed by atoms with E-state index < -0.39 is 55.6 Å². The van der Waals surface area contributed by atoms with Crippen LogP contribution in [-0.2, 0) is 29.4 Å². The second-order valence-corrected chi connectivity index (χ2v) is 11.6. The van der Waals surface area contributed by atoms with Crippen molar-refractivity contribution in [3.05, 3.63) is 11.6 Å². The van der Waals surface area contributed by atoms with Gasteiger partial charge in [0.1, 0.15) is 8.42 Å². The van der Waals surface area contributed by atoms with Crippen LogP contribution in [0.5, 0.6) is 0 Å². The van der Waals surface area contributed by atoms with Gasteiger partial charge < -0.3 is 15.0 Å². The fraction of sp³-hybridized carbons (Fsp3) is 0.571. The molecule has 1 aliphatic heterocycles. The van der Waals surface area contributed by atoms with E-state index in [1.807, 2.05) is 0 Å². The minimum atomic E-state index is -4.16. The topological polar surface area (TPSA) is 175 Å². The molecule has 0 spiro atoms. The fourth-order valence-corrected chi connectivity index (χ4v) is 7.58. The summed E-state index contributed by atoms with van der Waals surface area (Å²) in [6.07, 6.45) is -0.761. The van der Waals surface area contributed by atoms with Gasteiger partial charge in [-0.25, -0.2) is 22.0 Å². The van der Waals surface area contributed by atoms with E-state index in [9.17, 15) is 31.5 Å². The van der Waals surface area contributed by atoms with Crippen LogP contribution >= 0.6 is 11.3 Å². The Morgan fingerprint density at radius 2 is 1.97 bits per heavy atom. The van der Waals surface area contributed by atoms with Gasteiger partial charge in [0.2, 0.25) is 10.0 Å². The number of primary sulfonamides is 1. The van der Waals surface area contributed by atoms with E-state index in [1.165, 1.54) is 11.8 Å². The summed E-state index contributed by atoms with van der Waals surface area (Å²) in [4.78, 5) is 23.9. The van der Waals surface area contributed by atoms with Gasteiger partial charge in [0.25, 0.3) is 0 Å². The molecule has 15 heteroatoms. The van der Waals surface area contributed by atoms with Gasteiger partial charge in [-0.05, 0) is 26.0 Å². The first-order valence-corrected chi connectivity index (χ1v) is 11.8. The standard InChI is InChI=1S/C14H20N2O8S3.2Na/c1-3-16(10(13(19)20)6-11(17)18)9-4-7(2)26(21,22)14-8(9)5-12(25-14)27(15,23)24;;/h5,7,9-10H,3-4,6H2,1-2H3,(H,17,18)(H,19,20)(H2,15,23,24);;/q;2*+1/p-1/t7-,9-,10-;;/m0../s1. The Morgan fingerprint density at radius 1 is 1.41 bits per heavy atom. The summed E-state index contributed by atoms with van der Waals surface area (Å²) in [5.41, 5.74) is 0.112. The van der Waals surface area contributed by atoms with E-state index in [0.717, 1.165) is 6.07 Å². The van der Waals surface area contributed by atoms with Crippen LogP contribution in [-0.4, -0.2) is 56.6 Å². The molecule has 0 saturated heterocycles. The van der Waals surface area contributed by atoms with Crippen LogP contribution < -0.4 is 69.4 Å². The largest absolute Gasteiger partial charge is 1.00 e. The number of fused-ring (bicyclic) bond motifs is 1. The molecular formula is C14H19N2Na2O8S3+. The number of carbonyl (C=O) groups excluding carboxylic acids is 1. The zero-order chi connectivity index (χ0) is 20.7. The smallest absolute Gasteiger partial charge is 0.548 e. The van der Waals surface area contributed by atoms with Crippen molar-refractivity contribution in [2.24, 2.45) is 5.14 Å².